The van der Waals surface area contributed by atoms with Crippen molar-refractivity contribution >= 4 is 30.0 Å². The molecule has 0 aromatic carbocycles. The molecule has 0 aliphatic carbocycles. The predicted octanol–water partition coefficient (Wildman–Crippen LogP) is 2.68. The summed E-state index contributed by atoms with van der Waals surface area (Å²) in [5, 5.41) is 9.47. The first-order valence-electron chi connectivity index (χ1n) is 2.89. The Balaban J connectivity index is 3.49. The van der Waals surface area contributed by atoms with E-state index in [2.05, 4.69) is 6.58 Å². The standard InChI is InChI=1S/C7H6ClNOS/c1-2-9-4-3-5(8)6(10)7(9)11/h2-4,10H,1H2. The van der Waals surface area contributed by atoms with Crippen molar-refractivity contribution in [2.24, 2.45) is 0 Å². The first kappa shape index (κ1) is 8.30. The molecule has 0 aliphatic rings. The highest BCUT2D eigenvalue weighted by Gasteiger charge is 1.99. The van der Waals surface area contributed by atoms with E-state index in [9.17, 15) is 5.11 Å². The molecule has 0 radical (unpaired) electrons. The van der Waals surface area contributed by atoms with Crippen LogP contribution in [0.2, 0.25) is 5.02 Å². The van der Waals surface area contributed by atoms with Crippen LogP contribution in [0.15, 0.2) is 18.8 Å². The molecule has 1 rings (SSSR count). The second-order valence-corrected chi connectivity index (χ2v) is 2.70. The summed E-state index contributed by atoms with van der Waals surface area (Å²) in [6.07, 6.45) is 3.13. The van der Waals surface area contributed by atoms with Crippen molar-refractivity contribution in [1.82, 2.24) is 4.57 Å². The van der Waals surface area contributed by atoms with Crippen LogP contribution in [0.4, 0.5) is 0 Å². The summed E-state index contributed by atoms with van der Waals surface area (Å²) < 4.78 is 1.78. The van der Waals surface area contributed by atoms with Gasteiger partial charge in [0.15, 0.2) is 10.4 Å². The van der Waals surface area contributed by atoms with Crippen LogP contribution in [-0.4, -0.2) is 9.67 Å². The predicted molar refractivity (Wildman–Crippen MR) is 48.3 cm³/mol. The summed E-state index contributed by atoms with van der Waals surface area (Å²) in [6, 6.07) is 1.55. The minimum atomic E-state index is -0.0796. The SMILES string of the molecule is C=Cn1ccc(Cl)c(O)c1=S. The van der Waals surface area contributed by atoms with Crippen LogP contribution in [0, 0.1) is 4.64 Å². The third-order valence-corrected chi connectivity index (χ3v) is 1.95. The third-order valence-electron chi connectivity index (χ3n) is 1.24. The van der Waals surface area contributed by atoms with E-state index in [1.165, 1.54) is 10.8 Å². The lowest BCUT2D eigenvalue weighted by molar-refractivity contribution is 0.469. The van der Waals surface area contributed by atoms with Crippen molar-refractivity contribution in [3.63, 3.8) is 0 Å². The lowest BCUT2D eigenvalue weighted by Gasteiger charge is -2.01. The lowest BCUT2D eigenvalue weighted by atomic mass is 10.4. The molecule has 0 amide bonds. The third kappa shape index (κ3) is 1.44. The maximum atomic E-state index is 9.21. The van der Waals surface area contributed by atoms with Crippen molar-refractivity contribution in [2.75, 3.05) is 0 Å². The van der Waals surface area contributed by atoms with Crippen LogP contribution in [-0.2, 0) is 0 Å². The molecule has 0 spiro atoms. The second kappa shape index (κ2) is 3.07. The zero-order chi connectivity index (χ0) is 8.43. The minimum absolute atomic E-state index is 0.0796. The molecule has 1 N–H and O–H groups in total. The Morgan fingerprint density at radius 2 is 2.36 bits per heavy atom. The van der Waals surface area contributed by atoms with Gasteiger partial charge in [-0.2, -0.15) is 0 Å². The Labute approximate surface area is 74.4 Å². The van der Waals surface area contributed by atoms with Crippen LogP contribution in [0.3, 0.4) is 0 Å². The van der Waals surface area contributed by atoms with Gasteiger partial charge in [0.05, 0.1) is 5.02 Å². The maximum absolute atomic E-state index is 9.21. The summed E-state index contributed by atoms with van der Waals surface area (Å²) in [5.41, 5.74) is 0. The van der Waals surface area contributed by atoms with Crippen molar-refractivity contribution in [2.45, 2.75) is 0 Å². The molecule has 1 heterocycles. The van der Waals surface area contributed by atoms with E-state index >= 15 is 0 Å². The zero-order valence-corrected chi connectivity index (χ0v) is 7.19. The van der Waals surface area contributed by atoms with Gasteiger partial charge in [-0.1, -0.05) is 30.4 Å². The van der Waals surface area contributed by atoms with E-state index in [4.69, 9.17) is 23.8 Å². The van der Waals surface area contributed by atoms with Gasteiger partial charge in [-0.05, 0) is 6.07 Å². The number of hydrogen-bond acceptors (Lipinski definition) is 2. The molecule has 0 aliphatic heterocycles. The first-order chi connectivity index (χ1) is 5.16. The number of pyridine rings is 1. The average molecular weight is 188 g/mol. The van der Waals surface area contributed by atoms with Crippen LogP contribution < -0.4 is 0 Å². The van der Waals surface area contributed by atoms with Gasteiger partial charge < -0.3 is 9.67 Å². The molecule has 0 unspecified atom stereocenters. The molecular weight excluding hydrogens is 182 g/mol. The zero-order valence-electron chi connectivity index (χ0n) is 5.62. The van der Waals surface area contributed by atoms with E-state index in [0.29, 0.717) is 0 Å². The van der Waals surface area contributed by atoms with Gasteiger partial charge >= 0.3 is 0 Å². The van der Waals surface area contributed by atoms with Gasteiger partial charge in [0.1, 0.15) is 0 Å². The van der Waals surface area contributed by atoms with E-state index < -0.39 is 0 Å². The summed E-state index contributed by atoms with van der Waals surface area (Å²) in [7, 11) is 0. The molecule has 1 aromatic rings. The summed E-state index contributed by atoms with van der Waals surface area (Å²) >= 11 is 10.4. The number of aromatic hydroxyl groups is 1. The first-order valence-corrected chi connectivity index (χ1v) is 3.67. The molecule has 58 valence electrons. The smallest absolute Gasteiger partial charge is 0.169 e. The summed E-state index contributed by atoms with van der Waals surface area (Å²) in [5.74, 6) is -0.0796. The summed E-state index contributed by atoms with van der Waals surface area (Å²) in [6.45, 7) is 3.50. The van der Waals surface area contributed by atoms with Gasteiger partial charge in [0.25, 0.3) is 0 Å². The van der Waals surface area contributed by atoms with Gasteiger partial charge in [-0.3, -0.25) is 0 Å². The molecular formula is C7H6ClNOS. The molecule has 11 heavy (non-hydrogen) atoms. The van der Waals surface area contributed by atoms with E-state index in [-0.39, 0.29) is 15.4 Å². The Kier molecular flexibility index (Phi) is 2.31. The number of hydrogen-bond donors (Lipinski definition) is 1. The van der Waals surface area contributed by atoms with Crippen LogP contribution >= 0.6 is 23.8 Å². The fourth-order valence-electron chi connectivity index (χ4n) is 0.661. The van der Waals surface area contributed by atoms with E-state index in [0.717, 1.165) is 0 Å². The van der Waals surface area contributed by atoms with Gasteiger partial charge in [0.2, 0.25) is 0 Å². The number of nitrogens with zero attached hydrogens (tertiary/aromatic N) is 1. The fourth-order valence-corrected chi connectivity index (χ4v) is 1.11. The normalized spacial score (nSPS) is 9.55. The number of aromatic nitrogens is 1. The summed E-state index contributed by atoms with van der Waals surface area (Å²) in [4.78, 5) is 0. The van der Waals surface area contributed by atoms with Crippen LogP contribution in [0.5, 0.6) is 5.75 Å². The Morgan fingerprint density at radius 3 is 2.91 bits per heavy atom. The molecule has 0 bridgehead atoms. The highest BCUT2D eigenvalue weighted by atomic mass is 35.5. The monoisotopic (exact) mass is 187 g/mol. The Bertz CT molecular complexity index is 345. The topological polar surface area (TPSA) is 25.2 Å². The second-order valence-electron chi connectivity index (χ2n) is 1.91. The van der Waals surface area contributed by atoms with E-state index in [1.807, 2.05) is 0 Å². The molecule has 0 saturated heterocycles. The molecule has 4 heteroatoms. The molecule has 0 fully saturated rings. The highest BCUT2D eigenvalue weighted by Crippen LogP contribution is 2.23. The van der Waals surface area contributed by atoms with E-state index in [1.54, 1.807) is 12.3 Å². The van der Waals surface area contributed by atoms with Crippen LogP contribution in [0.25, 0.3) is 6.20 Å². The molecule has 1 aromatic heterocycles. The quantitative estimate of drug-likeness (QED) is 0.684. The van der Waals surface area contributed by atoms with Crippen molar-refractivity contribution < 1.29 is 5.11 Å². The van der Waals surface area contributed by atoms with Crippen LogP contribution in [0.1, 0.15) is 0 Å². The molecule has 0 saturated carbocycles. The van der Waals surface area contributed by atoms with Gasteiger partial charge in [-0.15, -0.1) is 0 Å². The average Bonchev–Trinajstić information content (AvgIpc) is 2.01. The van der Waals surface area contributed by atoms with Crippen molar-refractivity contribution in [3.05, 3.63) is 28.5 Å². The van der Waals surface area contributed by atoms with Crippen molar-refractivity contribution in [3.8, 4) is 5.75 Å². The molecule has 2 nitrogen and oxygen atoms in total. The lowest BCUT2D eigenvalue weighted by Crippen LogP contribution is -1.88. The number of halogens is 1. The Hall–Kier alpha value is -0.800. The van der Waals surface area contributed by atoms with Gasteiger partial charge in [0, 0.05) is 12.4 Å². The highest BCUT2D eigenvalue weighted by molar-refractivity contribution is 7.71. The Morgan fingerprint density at radius 1 is 1.73 bits per heavy atom. The van der Waals surface area contributed by atoms with Crippen molar-refractivity contribution in [1.29, 1.82) is 0 Å². The number of rotatable bonds is 1. The molecule has 0 atom stereocenters. The van der Waals surface area contributed by atoms with Gasteiger partial charge in [-0.25, -0.2) is 0 Å². The largest absolute Gasteiger partial charge is 0.504 e. The maximum Gasteiger partial charge on any atom is 0.169 e. The minimum Gasteiger partial charge on any atom is -0.504 e. The fraction of sp³-hybridized carbons (Fsp3) is 0.